The average molecular weight is 333 g/mol. The minimum Gasteiger partial charge on any atom is -0.479 e. The monoisotopic (exact) mass is 333 g/mol. The minimum absolute atomic E-state index is 0.101. The van der Waals surface area contributed by atoms with Gasteiger partial charge in [0.15, 0.2) is 6.04 Å². The number of carboxylic acid groups (broad SMARTS) is 1. The van der Waals surface area contributed by atoms with Crippen LogP contribution in [0.25, 0.3) is 0 Å². The van der Waals surface area contributed by atoms with E-state index in [0.29, 0.717) is 6.54 Å². The molecule has 10 heteroatoms. The van der Waals surface area contributed by atoms with E-state index in [1.165, 1.54) is 0 Å². The highest BCUT2D eigenvalue weighted by molar-refractivity contribution is 8.26. The Kier molecular flexibility index (Phi) is 10.9. The molecule has 1 amide bonds. The Hall–Kier alpha value is -1.78. The third-order valence-corrected chi connectivity index (χ3v) is 3.13. The Labute approximate surface area is 131 Å². The van der Waals surface area contributed by atoms with Crippen LogP contribution in [0.1, 0.15) is 13.3 Å². The number of amides is 1. The molecule has 0 aliphatic carbocycles. The van der Waals surface area contributed by atoms with Gasteiger partial charge in [0.2, 0.25) is 16.5 Å². The molecule has 9 nitrogen and oxygen atoms in total. The number of rotatable bonds is 11. The highest BCUT2D eigenvalue weighted by Crippen LogP contribution is 2.07. The molecule has 4 N–H and O–H groups in total. The fourth-order valence-corrected chi connectivity index (χ4v) is 1.99. The molecule has 1 atom stereocenters. The Morgan fingerprint density at radius 2 is 1.82 bits per heavy atom. The van der Waals surface area contributed by atoms with E-state index in [1.807, 2.05) is 6.92 Å². The average Bonchev–Trinajstić information content (AvgIpc) is 2.47. The van der Waals surface area contributed by atoms with Crippen LogP contribution in [0, 0.1) is 0 Å². The molecule has 0 fully saturated rings. The van der Waals surface area contributed by atoms with Crippen LogP contribution in [0.4, 0.5) is 0 Å². The molecule has 0 aliphatic heterocycles. The smallest absolute Gasteiger partial charge is 0.335 e. The third-order valence-electron chi connectivity index (χ3n) is 2.32. The van der Waals surface area contributed by atoms with E-state index in [0.717, 1.165) is 19.5 Å². The van der Waals surface area contributed by atoms with Crippen LogP contribution in [0.5, 0.6) is 0 Å². The molecule has 0 saturated carbocycles. The van der Waals surface area contributed by atoms with E-state index in [2.05, 4.69) is 10.6 Å². The number of hydrogen-bond donors (Lipinski definition) is 4. The van der Waals surface area contributed by atoms with Crippen molar-refractivity contribution in [3.63, 3.8) is 0 Å². The molecular formula is C12H19N3O6S. The molecule has 0 aliphatic rings. The van der Waals surface area contributed by atoms with Gasteiger partial charge < -0.3 is 21.1 Å². The number of carboxylic acids is 1. The topological polar surface area (TPSA) is 142 Å². The molecule has 0 aromatic carbocycles. The summed E-state index contributed by atoms with van der Waals surface area (Å²) in [4.78, 5) is 54.9. The highest BCUT2D eigenvalue weighted by Gasteiger charge is 2.30. The number of hydrogen-bond acceptors (Lipinski definition) is 8. The van der Waals surface area contributed by atoms with Crippen LogP contribution >= 0.6 is 11.8 Å². The zero-order chi connectivity index (χ0) is 17.0. The lowest BCUT2D eigenvalue weighted by atomic mass is 10.3. The second-order valence-electron chi connectivity index (χ2n) is 4.07. The number of nitrogens with one attached hydrogen (secondary N) is 3. The first kappa shape index (κ1) is 20.2. The predicted molar refractivity (Wildman–Crippen MR) is 79.3 cm³/mol. The van der Waals surface area contributed by atoms with E-state index in [9.17, 15) is 24.0 Å². The Bertz CT molecular complexity index is 429. The number of carbonyl (C=O) groups is 5. The number of aliphatic carboxylic acids is 1. The van der Waals surface area contributed by atoms with Gasteiger partial charge in [0.25, 0.3) is 5.91 Å². The van der Waals surface area contributed by atoms with Crippen molar-refractivity contribution >= 4 is 40.2 Å². The van der Waals surface area contributed by atoms with Crippen molar-refractivity contribution in [2.24, 2.45) is 0 Å². The van der Waals surface area contributed by atoms with Gasteiger partial charge in [-0.25, -0.2) is 4.79 Å². The van der Waals surface area contributed by atoms with Gasteiger partial charge in [0.05, 0.1) is 6.54 Å². The summed E-state index contributed by atoms with van der Waals surface area (Å²) in [5.74, 6) is -2.88. The Morgan fingerprint density at radius 3 is 2.36 bits per heavy atom. The summed E-state index contributed by atoms with van der Waals surface area (Å²) in [6, 6.07) is -1.93. The van der Waals surface area contributed by atoms with Gasteiger partial charge in [-0.1, -0.05) is 6.92 Å². The fraction of sp³-hybridized carbons (Fsp3) is 0.583. The van der Waals surface area contributed by atoms with E-state index in [-0.39, 0.29) is 24.6 Å². The molecule has 1 unspecified atom stereocenters. The zero-order valence-corrected chi connectivity index (χ0v) is 12.9. The van der Waals surface area contributed by atoms with Gasteiger partial charge >= 0.3 is 5.97 Å². The second kappa shape index (κ2) is 11.8. The molecule has 0 bridgehead atoms. The number of aldehydes is 1. The van der Waals surface area contributed by atoms with E-state index >= 15 is 0 Å². The van der Waals surface area contributed by atoms with Crippen LogP contribution in [0.2, 0.25) is 0 Å². The lowest BCUT2D eigenvalue weighted by Gasteiger charge is -2.10. The van der Waals surface area contributed by atoms with Crippen molar-refractivity contribution < 1.29 is 29.1 Å². The van der Waals surface area contributed by atoms with Crippen LogP contribution < -0.4 is 16.0 Å². The summed E-state index contributed by atoms with van der Waals surface area (Å²) in [6.07, 6.45) is 0.647. The first-order valence-electron chi connectivity index (χ1n) is 6.56. The predicted octanol–water partition coefficient (Wildman–Crippen LogP) is -1.87. The van der Waals surface area contributed by atoms with Crippen molar-refractivity contribution in [1.82, 2.24) is 16.0 Å². The number of carbonyl (C=O) groups excluding carboxylic acids is 4. The molecule has 0 radical (unpaired) electrons. The van der Waals surface area contributed by atoms with Gasteiger partial charge in [0, 0.05) is 0 Å². The SMILES string of the molecule is CCNCCCNCC(=O)SC(=O)C(NC(=O)C=O)C(=O)O. The highest BCUT2D eigenvalue weighted by atomic mass is 32.2. The first-order chi connectivity index (χ1) is 10.4. The van der Waals surface area contributed by atoms with Crippen molar-refractivity contribution in [2.45, 2.75) is 19.4 Å². The van der Waals surface area contributed by atoms with Gasteiger partial charge in [-0.15, -0.1) is 0 Å². The summed E-state index contributed by atoms with van der Waals surface area (Å²) in [6.45, 7) is 4.09. The van der Waals surface area contributed by atoms with E-state index in [4.69, 9.17) is 5.11 Å². The lowest BCUT2D eigenvalue weighted by molar-refractivity contribution is -0.144. The van der Waals surface area contributed by atoms with E-state index in [1.54, 1.807) is 5.32 Å². The number of thioether (sulfide) groups is 1. The van der Waals surface area contributed by atoms with Crippen LogP contribution in [-0.2, 0) is 24.0 Å². The largest absolute Gasteiger partial charge is 0.479 e. The maximum atomic E-state index is 11.6. The standard InChI is InChI=1S/C12H19N3O6S/c1-2-13-4-3-5-14-6-9(18)22-12(21)10(11(19)20)15-8(17)7-16/h7,10,13-14H,2-6H2,1H3,(H,15,17)(H,19,20). The molecule has 0 heterocycles. The summed E-state index contributed by atoms with van der Waals surface area (Å²) < 4.78 is 0. The molecule has 0 saturated heterocycles. The van der Waals surface area contributed by atoms with Gasteiger partial charge in [-0.2, -0.15) is 0 Å². The van der Waals surface area contributed by atoms with Crippen LogP contribution in [-0.4, -0.2) is 65.7 Å². The fourth-order valence-electron chi connectivity index (χ4n) is 1.31. The van der Waals surface area contributed by atoms with Crippen LogP contribution in [0.15, 0.2) is 0 Å². The molecule has 0 spiro atoms. The zero-order valence-electron chi connectivity index (χ0n) is 12.1. The van der Waals surface area contributed by atoms with Crippen LogP contribution in [0.3, 0.4) is 0 Å². The first-order valence-corrected chi connectivity index (χ1v) is 7.38. The van der Waals surface area contributed by atoms with Gasteiger partial charge in [0.1, 0.15) is 0 Å². The van der Waals surface area contributed by atoms with Gasteiger partial charge in [-0.05, 0) is 37.8 Å². The summed E-state index contributed by atoms with van der Waals surface area (Å²) in [5, 5.41) is 14.8. The van der Waals surface area contributed by atoms with Crippen molar-refractivity contribution in [3.8, 4) is 0 Å². The van der Waals surface area contributed by atoms with Crippen molar-refractivity contribution in [1.29, 1.82) is 0 Å². The normalized spacial score (nSPS) is 11.5. The Morgan fingerprint density at radius 1 is 1.18 bits per heavy atom. The van der Waals surface area contributed by atoms with Crippen molar-refractivity contribution in [2.75, 3.05) is 26.2 Å². The molecule has 22 heavy (non-hydrogen) atoms. The quantitative estimate of drug-likeness (QED) is 0.148. The maximum absolute atomic E-state index is 11.6. The van der Waals surface area contributed by atoms with E-state index < -0.39 is 28.1 Å². The third kappa shape index (κ3) is 9.21. The van der Waals surface area contributed by atoms with Crippen molar-refractivity contribution in [3.05, 3.63) is 0 Å². The minimum atomic E-state index is -1.93. The molecule has 0 aromatic heterocycles. The molecular weight excluding hydrogens is 314 g/mol. The maximum Gasteiger partial charge on any atom is 0.335 e. The molecule has 124 valence electrons. The summed E-state index contributed by atoms with van der Waals surface area (Å²) >= 11 is 0.189. The second-order valence-corrected chi connectivity index (χ2v) is 5.14. The summed E-state index contributed by atoms with van der Waals surface area (Å²) in [7, 11) is 0. The molecule has 0 rings (SSSR count). The Balaban J connectivity index is 4.14. The lowest BCUT2D eigenvalue weighted by Crippen LogP contribution is -2.46. The van der Waals surface area contributed by atoms with Gasteiger partial charge in [-0.3, -0.25) is 19.2 Å². The summed E-state index contributed by atoms with van der Waals surface area (Å²) in [5.41, 5.74) is 0. The molecule has 0 aromatic rings.